The molecule has 172 valence electrons. The molecule has 0 aliphatic carbocycles. The molecule has 2 aromatic carbocycles. The van der Waals surface area contributed by atoms with Crippen LogP contribution >= 0.6 is 0 Å². The number of ether oxygens (including phenoxy) is 1. The number of aromatic nitrogens is 2. The van der Waals surface area contributed by atoms with Gasteiger partial charge in [0.2, 0.25) is 0 Å². The minimum absolute atomic E-state index is 0.228. The summed E-state index contributed by atoms with van der Waals surface area (Å²) in [5, 5.41) is 3.65. The van der Waals surface area contributed by atoms with Crippen LogP contribution in [-0.4, -0.2) is 47.7 Å². The molecule has 0 amide bonds. The van der Waals surface area contributed by atoms with Crippen LogP contribution in [0, 0.1) is 18.7 Å². The van der Waals surface area contributed by atoms with Gasteiger partial charge < -0.3 is 10.1 Å². The first-order chi connectivity index (χ1) is 16.1. The van der Waals surface area contributed by atoms with E-state index in [0.29, 0.717) is 17.9 Å². The minimum Gasteiger partial charge on any atom is -0.497 e. The molecule has 3 saturated heterocycles. The van der Waals surface area contributed by atoms with Crippen molar-refractivity contribution in [3.63, 3.8) is 0 Å². The zero-order valence-electron chi connectivity index (χ0n) is 19.3. The Kier molecular flexibility index (Phi) is 6.38. The van der Waals surface area contributed by atoms with Crippen LogP contribution < -0.4 is 10.1 Å². The quantitative estimate of drug-likeness (QED) is 0.576. The van der Waals surface area contributed by atoms with Gasteiger partial charge in [0.25, 0.3) is 0 Å². The van der Waals surface area contributed by atoms with E-state index < -0.39 is 0 Å². The fraction of sp³-hybridized carbons (Fsp3) is 0.407. The zero-order valence-corrected chi connectivity index (χ0v) is 19.3. The van der Waals surface area contributed by atoms with Crippen LogP contribution in [0.25, 0.3) is 11.3 Å². The lowest BCUT2D eigenvalue weighted by molar-refractivity contribution is 0.0292. The van der Waals surface area contributed by atoms with Crippen LogP contribution in [0.3, 0.4) is 0 Å². The van der Waals surface area contributed by atoms with Crippen molar-refractivity contribution in [2.24, 2.45) is 5.92 Å². The van der Waals surface area contributed by atoms with E-state index in [4.69, 9.17) is 9.72 Å². The summed E-state index contributed by atoms with van der Waals surface area (Å²) in [6.45, 7) is 6.01. The van der Waals surface area contributed by atoms with Crippen LogP contribution in [0.2, 0.25) is 0 Å². The molecule has 6 heteroatoms. The number of hydrogen-bond acceptors (Lipinski definition) is 5. The van der Waals surface area contributed by atoms with E-state index in [0.717, 1.165) is 54.7 Å². The van der Waals surface area contributed by atoms with Crippen molar-refractivity contribution < 1.29 is 9.13 Å². The summed E-state index contributed by atoms with van der Waals surface area (Å²) in [6, 6.07) is 17.5. The van der Waals surface area contributed by atoms with E-state index in [-0.39, 0.29) is 5.82 Å². The first-order valence-electron chi connectivity index (χ1n) is 11.8. The predicted octanol–water partition coefficient (Wildman–Crippen LogP) is 4.57. The van der Waals surface area contributed by atoms with Crippen molar-refractivity contribution in [2.75, 3.05) is 26.7 Å². The van der Waals surface area contributed by atoms with Gasteiger partial charge in [-0.2, -0.15) is 0 Å². The molecule has 5 nitrogen and oxygen atoms in total. The Labute approximate surface area is 195 Å². The van der Waals surface area contributed by atoms with Gasteiger partial charge in [-0.1, -0.05) is 12.1 Å². The summed E-state index contributed by atoms with van der Waals surface area (Å²) in [4.78, 5) is 12.1. The number of fused-ring (bicyclic) bond motifs is 3. The van der Waals surface area contributed by atoms with Crippen molar-refractivity contribution >= 4 is 0 Å². The molecule has 0 spiro atoms. The number of benzene rings is 2. The molecule has 1 N–H and O–H groups in total. The molecular weight excluding hydrogens is 415 g/mol. The molecule has 1 aromatic heterocycles. The van der Waals surface area contributed by atoms with Gasteiger partial charge in [-0.05, 0) is 80.3 Å². The Morgan fingerprint density at radius 2 is 1.88 bits per heavy atom. The number of rotatable bonds is 7. The third kappa shape index (κ3) is 4.92. The Morgan fingerprint density at radius 3 is 2.58 bits per heavy atom. The van der Waals surface area contributed by atoms with Gasteiger partial charge in [-0.25, -0.2) is 14.4 Å². The molecule has 1 unspecified atom stereocenters. The van der Waals surface area contributed by atoms with Gasteiger partial charge in [0, 0.05) is 42.9 Å². The summed E-state index contributed by atoms with van der Waals surface area (Å²) in [7, 11) is 1.69. The van der Waals surface area contributed by atoms with E-state index in [2.05, 4.69) is 33.4 Å². The van der Waals surface area contributed by atoms with Crippen molar-refractivity contribution in [1.29, 1.82) is 0 Å². The van der Waals surface area contributed by atoms with E-state index in [1.165, 1.54) is 30.5 Å². The van der Waals surface area contributed by atoms with E-state index >= 15 is 0 Å². The SMILES string of the molecule is COc1ccc(CNC[C@H]2C[C@@H]3CCN2C[C@@H]3c2cc(-c3ccc(F)cc3)nc(C)n2)cc1. The maximum atomic E-state index is 13.4. The van der Waals surface area contributed by atoms with Crippen LogP contribution in [-0.2, 0) is 6.54 Å². The number of piperidine rings is 3. The van der Waals surface area contributed by atoms with Crippen molar-refractivity contribution in [3.05, 3.63) is 77.5 Å². The smallest absolute Gasteiger partial charge is 0.126 e. The Balaban J connectivity index is 1.23. The highest BCUT2D eigenvalue weighted by atomic mass is 19.1. The summed E-state index contributed by atoms with van der Waals surface area (Å²) < 4.78 is 18.6. The van der Waals surface area contributed by atoms with E-state index in [9.17, 15) is 4.39 Å². The fourth-order valence-corrected chi connectivity index (χ4v) is 5.36. The molecule has 0 saturated carbocycles. The van der Waals surface area contributed by atoms with Gasteiger partial charge in [0.05, 0.1) is 12.8 Å². The number of nitrogens with one attached hydrogen (secondary N) is 1. The minimum atomic E-state index is -0.228. The molecule has 2 bridgehead atoms. The second-order valence-electron chi connectivity index (χ2n) is 9.25. The van der Waals surface area contributed by atoms with Gasteiger partial charge in [-0.15, -0.1) is 0 Å². The van der Waals surface area contributed by atoms with E-state index in [1.807, 2.05) is 19.1 Å². The van der Waals surface area contributed by atoms with Gasteiger partial charge in [0.1, 0.15) is 17.4 Å². The van der Waals surface area contributed by atoms with Gasteiger partial charge in [0.15, 0.2) is 0 Å². The molecule has 6 rings (SSSR count). The monoisotopic (exact) mass is 446 g/mol. The highest BCUT2D eigenvalue weighted by molar-refractivity contribution is 5.59. The van der Waals surface area contributed by atoms with Crippen LogP contribution in [0.4, 0.5) is 4.39 Å². The topological polar surface area (TPSA) is 50.3 Å². The zero-order chi connectivity index (χ0) is 22.8. The van der Waals surface area contributed by atoms with Gasteiger partial charge >= 0.3 is 0 Å². The Morgan fingerprint density at radius 1 is 1.09 bits per heavy atom. The number of hydrogen-bond donors (Lipinski definition) is 1. The normalized spacial score (nSPS) is 24.1. The standard InChI is InChI=1S/C27H31FN4O/c1-18-30-26(20-5-7-22(28)8-6-20)14-27(31-18)25-17-32-12-11-21(25)13-23(32)16-29-15-19-3-9-24(33-2)10-4-19/h3-10,14,21,23,25,29H,11-13,15-17H2,1-2H3/t21-,23+,25-/m0/s1. The maximum absolute atomic E-state index is 13.4. The number of methoxy groups -OCH3 is 1. The summed E-state index contributed by atoms with van der Waals surface area (Å²) in [5.41, 5.74) is 4.22. The lowest BCUT2D eigenvalue weighted by Crippen LogP contribution is -2.55. The summed E-state index contributed by atoms with van der Waals surface area (Å²) in [5.74, 6) is 2.51. The van der Waals surface area contributed by atoms with Crippen LogP contribution in [0.1, 0.15) is 35.8 Å². The molecular formula is C27H31FN4O. The number of nitrogens with zero attached hydrogens (tertiary/aromatic N) is 3. The molecule has 3 fully saturated rings. The Bertz CT molecular complexity index is 1090. The third-order valence-electron chi connectivity index (χ3n) is 7.12. The van der Waals surface area contributed by atoms with Gasteiger partial charge in [-0.3, -0.25) is 4.90 Å². The molecule has 3 aliphatic rings. The molecule has 3 aromatic rings. The van der Waals surface area contributed by atoms with Crippen molar-refractivity contribution in [2.45, 2.75) is 38.3 Å². The second-order valence-corrected chi connectivity index (χ2v) is 9.25. The largest absolute Gasteiger partial charge is 0.497 e. The first kappa shape index (κ1) is 22.0. The maximum Gasteiger partial charge on any atom is 0.126 e. The summed E-state index contributed by atoms with van der Waals surface area (Å²) >= 11 is 0. The molecule has 4 atom stereocenters. The average Bonchev–Trinajstić information content (AvgIpc) is 2.85. The molecule has 3 aliphatic heterocycles. The van der Waals surface area contributed by atoms with Crippen LogP contribution in [0.15, 0.2) is 54.6 Å². The third-order valence-corrected chi connectivity index (χ3v) is 7.12. The fourth-order valence-electron chi connectivity index (χ4n) is 5.36. The average molecular weight is 447 g/mol. The number of aryl methyl sites for hydroxylation is 1. The first-order valence-corrected chi connectivity index (χ1v) is 11.8. The predicted molar refractivity (Wildman–Crippen MR) is 128 cm³/mol. The second kappa shape index (κ2) is 9.57. The molecule has 4 heterocycles. The lowest BCUT2D eigenvalue weighted by atomic mass is 9.74. The highest BCUT2D eigenvalue weighted by Crippen LogP contribution is 2.41. The number of halogens is 1. The Hall–Kier alpha value is -2.83. The molecule has 33 heavy (non-hydrogen) atoms. The van der Waals surface area contributed by atoms with Crippen molar-refractivity contribution in [3.8, 4) is 17.0 Å². The van der Waals surface area contributed by atoms with Crippen LogP contribution in [0.5, 0.6) is 5.75 Å². The van der Waals surface area contributed by atoms with E-state index in [1.54, 1.807) is 19.2 Å². The molecule has 0 radical (unpaired) electrons. The lowest BCUT2D eigenvalue weighted by Gasteiger charge is -2.50. The summed E-state index contributed by atoms with van der Waals surface area (Å²) in [6.07, 6.45) is 2.41. The van der Waals surface area contributed by atoms with Crippen molar-refractivity contribution in [1.82, 2.24) is 20.2 Å². The highest BCUT2D eigenvalue weighted by Gasteiger charge is 2.41.